The number of rotatable bonds is 59. The number of allylic oxidation sites excluding steroid dienone is 8. The lowest BCUT2D eigenvalue weighted by Crippen LogP contribution is -2.30. The zero-order valence-corrected chi connectivity index (χ0v) is 48.9. The Morgan fingerprint density at radius 2 is 0.493 bits per heavy atom. The summed E-state index contributed by atoms with van der Waals surface area (Å²) in [6.07, 6.45) is 77.0. The van der Waals surface area contributed by atoms with E-state index in [1.165, 1.54) is 231 Å². The minimum Gasteiger partial charge on any atom is -0.462 e. The molecule has 0 rings (SSSR count). The smallest absolute Gasteiger partial charge is 0.306 e. The Labute approximate surface area is 454 Å². The van der Waals surface area contributed by atoms with Gasteiger partial charge in [0.1, 0.15) is 13.2 Å². The largest absolute Gasteiger partial charge is 0.462 e. The fraction of sp³-hybridized carbons (Fsp3) is 0.836. The first kappa shape index (κ1) is 70.4. The fourth-order valence-electron chi connectivity index (χ4n) is 9.45. The Balaban J connectivity index is 4.15. The number of unbranched alkanes of at least 4 members (excludes halogenated alkanes) is 40. The van der Waals surface area contributed by atoms with Crippen LogP contribution in [0, 0.1) is 0 Å². The fourth-order valence-corrected chi connectivity index (χ4v) is 9.45. The van der Waals surface area contributed by atoms with Gasteiger partial charge in [0.2, 0.25) is 0 Å². The molecule has 0 amide bonds. The van der Waals surface area contributed by atoms with Crippen molar-refractivity contribution in [2.45, 2.75) is 348 Å². The van der Waals surface area contributed by atoms with E-state index in [9.17, 15) is 14.4 Å². The molecule has 6 nitrogen and oxygen atoms in total. The second-order valence-corrected chi connectivity index (χ2v) is 21.7. The van der Waals surface area contributed by atoms with Crippen LogP contribution in [0.1, 0.15) is 342 Å². The SMILES string of the molecule is CCCCC/C=C\C/C=C\CCCCCCCCCCCC(=O)OC(COC(=O)CCCCCCCCCCC)COC(=O)CCCCCCCCCCCCCCCCC/C=C\C/C=C\CCCCCCC. The van der Waals surface area contributed by atoms with E-state index in [2.05, 4.69) is 69.4 Å². The van der Waals surface area contributed by atoms with E-state index in [1.54, 1.807) is 0 Å². The van der Waals surface area contributed by atoms with Gasteiger partial charge in [0.05, 0.1) is 0 Å². The van der Waals surface area contributed by atoms with Crippen LogP contribution in [0.25, 0.3) is 0 Å². The van der Waals surface area contributed by atoms with Crippen LogP contribution in [0.5, 0.6) is 0 Å². The van der Waals surface area contributed by atoms with Crippen molar-refractivity contribution in [1.29, 1.82) is 0 Å². The summed E-state index contributed by atoms with van der Waals surface area (Å²) in [5, 5.41) is 0. The second kappa shape index (κ2) is 61.9. The van der Waals surface area contributed by atoms with Crippen LogP contribution in [0.15, 0.2) is 48.6 Å². The lowest BCUT2D eigenvalue weighted by molar-refractivity contribution is -0.167. The lowest BCUT2D eigenvalue weighted by Gasteiger charge is -2.18. The summed E-state index contributed by atoms with van der Waals surface area (Å²) >= 11 is 0. The van der Waals surface area contributed by atoms with Gasteiger partial charge in [-0.2, -0.15) is 0 Å². The van der Waals surface area contributed by atoms with Gasteiger partial charge < -0.3 is 14.2 Å². The molecule has 6 heteroatoms. The summed E-state index contributed by atoms with van der Waals surface area (Å²) < 4.78 is 16.9. The summed E-state index contributed by atoms with van der Waals surface area (Å²) in [5.41, 5.74) is 0. The zero-order valence-electron chi connectivity index (χ0n) is 48.9. The van der Waals surface area contributed by atoms with Crippen LogP contribution in [-0.2, 0) is 28.6 Å². The van der Waals surface area contributed by atoms with Gasteiger partial charge >= 0.3 is 17.9 Å². The number of hydrogen-bond donors (Lipinski definition) is 0. The average Bonchev–Trinajstić information content (AvgIpc) is 3.39. The molecule has 0 aliphatic rings. The standard InChI is InChI=1S/C67H122O6/c1-4-7-10-13-16-19-21-23-25-27-29-30-31-32-33-34-35-36-38-39-41-43-45-48-51-54-57-60-66(69)72-63-64(62-71-65(68)59-56-53-50-47-18-15-12-9-6-3)73-67(70)61-58-55-52-49-46-44-42-40-37-28-26-24-22-20-17-14-11-8-5-2/h17,20-21,23-24,26-27,29,64H,4-16,18-19,22,25,28,30-63H2,1-3H3/b20-17-,23-21-,26-24-,29-27-. The molecule has 1 unspecified atom stereocenters. The Morgan fingerprint density at radius 3 is 0.781 bits per heavy atom. The maximum Gasteiger partial charge on any atom is 0.306 e. The van der Waals surface area contributed by atoms with Crippen molar-refractivity contribution >= 4 is 17.9 Å². The van der Waals surface area contributed by atoms with Crippen molar-refractivity contribution in [2.24, 2.45) is 0 Å². The van der Waals surface area contributed by atoms with Gasteiger partial charge in [-0.3, -0.25) is 14.4 Å². The monoisotopic (exact) mass is 1020 g/mol. The van der Waals surface area contributed by atoms with Crippen molar-refractivity contribution in [3.05, 3.63) is 48.6 Å². The van der Waals surface area contributed by atoms with E-state index in [0.29, 0.717) is 19.3 Å². The summed E-state index contributed by atoms with van der Waals surface area (Å²) in [6.45, 7) is 6.63. The van der Waals surface area contributed by atoms with Crippen molar-refractivity contribution in [3.63, 3.8) is 0 Å². The van der Waals surface area contributed by atoms with E-state index in [-0.39, 0.29) is 31.1 Å². The first-order valence-electron chi connectivity index (χ1n) is 32.1. The van der Waals surface area contributed by atoms with Crippen molar-refractivity contribution in [3.8, 4) is 0 Å². The molecule has 73 heavy (non-hydrogen) atoms. The Kier molecular flexibility index (Phi) is 59.7. The molecular formula is C67H122O6. The van der Waals surface area contributed by atoms with Gasteiger partial charge in [0, 0.05) is 19.3 Å². The molecule has 0 spiro atoms. The topological polar surface area (TPSA) is 78.9 Å². The normalized spacial score (nSPS) is 12.3. The van der Waals surface area contributed by atoms with Gasteiger partial charge in [-0.1, -0.05) is 288 Å². The summed E-state index contributed by atoms with van der Waals surface area (Å²) in [7, 11) is 0. The van der Waals surface area contributed by atoms with Crippen molar-refractivity contribution in [1.82, 2.24) is 0 Å². The first-order valence-corrected chi connectivity index (χ1v) is 32.1. The zero-order chi connectivity index (χ0) is 52.9. The minimum atomic E-state index is -0.772. The van der Waals surface area contributed by atoms with Gasteiger partial charge in [-0.15, -0.1) is 0 Å². The van der Waals surface area contributed by atoms with Crippen LogP contribution in [0.2, 0.25) is 0 Å². The Bertz CT molecular complexity index is 1270. The van der Waals surface area contributed by atoms with Gasteiger partial charge in [-0.05, 0) is 83.5 Å². The minimum absolute atomic E-state index is 0.0710. The molecule has 0 aliphatic carbocycles. The number of ether oxygens (including phenoxy) is 3. The molecule has 0 fully saturated rings. The number of esters is 3. The third-order valence-corrected chi connectivity index (χ3v) is 14.3. The van der Waals surface area contributed by atoms with Crippen LogP contribution in [0.3, 0.4) is 0 Å². The maximum atomic E-state index is 12.9. The molecule has 0 aromatic heterocycles. The summed E-state index contributed by atoms with van der Waals surface area (Å²) in [5.74, 6) is -0.859. The molecule has 426 valence electrons. The molecule has 0 saturated heterocycles. The van der Waals surface area contributed by atoms with E-state index in [4.69, 9.17) is 14.2 Å². The summed E-state index contributed by atoms with van der Waals surface area (Å²) in [6, 6.07) is 0. The quantitative estimate of drug-likeness (QED) is 0.0261. The molecule has 0 saturated carbocycles. The van der Waals surface area contributed by atoms with E-state index < -0.39 is 6.10 Å². The number of carbonyl (C=O) groups is 3. The average molecular weight is 1020 g/mol. The maximum absolute atomic E-state index is 12.9. The molecule has 1 atom stereocenters. The predicted octanol–water partition coefficient (Wildman–Crippen LogP) is 21.8. The third kappa shape index (κ3) is 60.1. The lowest BCUT2D eigenvalue weighted by atomic mass is 10.0. The molecule has 0 heterocycles. The molecular weight excluding hydrogens is 901 g/mol. The van der Waals surface area contributed by atoms with Crippen molar-refractivity contribution in [2.75, 3.05) is 13.2 Å². The molecule has 0 aromatic rings. The second-order valence-electron chi connectivity index (χ2n) is 21.7. The highest BCUT2D eigenvalue weighted by Gasteiger charge is 2.19. The first-order chi connectivity index (χ1) is 36.0. The molecule has 0 radical (unpaired) electrons. The number of carbonyl (C=O) groups excluding carboxylic acids is 3. The molecule has 0 bridgehead atoms. The molecule has 0 N–H and O–H groups in total. The van der Waals surface area contributed by atoms with Gasteiger partial charge in [0.15, 0.2) is 6.10 Å². The highest BCUT2D eigenvalue weighted by Crippen LogP contribution is 2.17. The molecule has 0 aromatic carbocycles. The summed E-state index contributed by atoms with van der Waals surface area (Å²) in [4.78, 5) is 38.2. The molecule has 0 aliphatic heterocycles. The highest BCUT2D eigenvalue weighted by atomic mass is 16.6. The van der Waals surface area contributed by atoms with Crippen LogP contribution in [-0.4, -0.2) is 37.2 Å². The van der Waals surface area contributed by atoms with Crippen LogP contribution >= 0.6 is 0 Å². The van der Waals surface area contributed by atoms with Gasteiger partial charge in [0.25, 0.3) is 0 Å². The van der Waals surface area contributed by atoms with E-state index >= 15 is 0 Å². The van der Waals surface area contributed by atoms with E-state index in [1.807, 2.05) is 0 Å². The highest BCUT2D eigenvalue weighted by molar-refractivity contribution is 5.71. The Morgan fingerprint density at radius 1 is 0.274 bits per heavy atom. The van der Waals surface area contributed by atoms with Crippen LogP contribution < -0.4 is 0 Å². The van der Waals surface area contributed by atoms with E-state index in [0.717, 1.165) is 70.6 Å². The predicted molar refractivity (Wildman–Crippen MR) is 316 cm³/mol. The van der Waals surface area contributed by atoms with Gasteiger partial charge in [-0.25, -0.2) is 0 Å². The Hall–Kier alpha value is -2.63. The number of hydrogen-bond acceptors (Lipinski definition) is 6. The third-order valence-electron chi connectivity index (χ3n) is 14.3. The van der Waals surface area contributed by atoms with Crippen molar-refractivity contribution < 1.29 is 28.6 Å². The van der Waals surface area contributed by atoms with Crippen LogP contribution in [0.4, 0.5) is 0 Å².